The zero-order valence-corrected chi connectivity index (χ0v) is 9.08. The molecule has 0 fully saturated rings. The van der Waals surface area contributed by atoms with Crippen molar-refractivity contribution in [2.24, 2.45) is 0 Å². The quantitative estimate of drug-likeness (QED) is 0.689. The molecule has 88 valence electrons. The molecular weight excluding hydrogens is 235 g/mol. The second kappa shape index (κ2) is 4.28. The number of nitrogens with zero attached hydrogens (tertiary/aromatic N) is 5. The van der Waals surface area contributed by atoms with Crippen LogP contribution in [-0.2, 0) is 0 Å². The van der Waals surface area contributed by atoms with E-state index < -0.39 is 5.95 Å². The van der Waals surface area contributed by atoms with Crippen molar-refractivity contribution in [2.45, 2.75) is 0 Å². The van der Waals surface area contributed by atoms with Crippen LogP contribution in [0.25, 0.3) is 11.2 Å². The predicted octanol–water partition coefficient (Wildman–Crippen LogP) is 1.70. The average molecular weight is 242 g/mol. The number of hydrogen-bond acceptors (Lipinski definition) is 6. The minimum atomic E-state index is -0.534. The van der Waals surface area contributed by atoms with Crippen molar-refractivity contribution in [1.29, 1.82) is 0 Å². The van der Waals surface area contributed by atoms with Gasteiger partial charge >= 0.3 is 0 Å². The van der Waals surface area contributed by atoms with Crippen molar-refractivity contribution in [1.82, 2.24) is 24.9 Å². The smallest absolute Gasteiger partial charge is 0.212 e. The molecule has 3 aromatic heterocycles. The molecule has 0 aliphatic carbocycles. The Balaban J connectivity index is 2.02. The molecule has 18 heavy (non-hydrogen) atoms. The summed E-state index contributed by atoms with van der Waals surface area (Å²) < 4.78 is 12.7. The van der Waals surface area contributed by atoms with Crippen LogP contribution in [0.5, 0.6) is 0 Å². The minimum absolute atomic E-state index is 0.491. The highest BCUT2D eigenvalue weighted by molar-refractivity contribution is 5.83. The molecule has 0 bridgehead atoms. The fourth-order valence-electron chi connectivity index (χ4n) is 1.47. The van der Waals surface area contributed by atoms with Gasteiger partial charge in [0, 0.05) is 12.4 Å². The molecule has 0 aliphatic rings. The van der Waals surface area contributed by atoms with Crippen LogP contribution in [0.15, 0.2) is 37.1 Å². The predicted molar refractivity (Wildman–Crippen MR) is 62.6 cm³/mol. The third-order valence-corrected chi connectivity index (χ3v) is 2.26. The first-order chi connectivity index (χ1) is 8.83. The van der Waals surface area contributed by atoms with Crippen molar-refractivity contribution in [2.75, 3.05) is 5.32 Å². The standard InChI is InChI=1S/C11H7FN6/c12-8-2-1-7(5-15-8)18-11-9-10(16-6-17-11)14-4-3-13-9/h1-6H,(H,14,16,17,18). The van der Waals surface area contributed by atoms with Gasteiger partial charge in [-0.1, -0.05) is 0 Å². The Bertz CT molecular complexity index is 679. The number of rotatable bonds is 2. The van der Waals surface area contributed by atoms with Crippen LogP contribution in [-0.4, -0.2) is 24.9 Å². The van der Waals surface area contributed by atoms with Gasteiger partial charge in [0.15, 0.2) is 17.0 Å². The van der Waals surface area contributed by atoms with Gasteiger partial charge in [-0.25, -0.2) is 24.9 Å². The van der Waals surface area contributed by atoms with Gasteiger partial charge in [-0.3, -0.25) is 0 Å². The molecule has 3 heterocycles. The third-order valence-electron chi connectivity index (χ3n) is 2.26. The Morgan fingerprint density at radius 2 is 1.83 bits per heavy atom. The van der Waals surface area contributed by atoms with Crippen molar-refractivity contribution in [3.05, 3.63) is 43.0 Å². The van der Waals surface area contributed by atoms with Crippen LogP contribution in [0, 0.1) is 5.95 Å². The van der Waals surface area contributed by atoms with E-state index in [-0.39, 0.29) is 0 Å². The van der Waals surface area contributed by atoms with Crippen LogP contribution in [0.1, 0.15) is 0 Å². The molecule has 0 radical (unpaired) electrons. The normalized spacial score (nSPS) is 10.5. The monoisotopic (exact) mass is 242 g/mol. The number of halogens is 1. The fraction of sp³-hybridized carbons (Fsp3) is 0. The molecule has 3 rings (SSSR count). The molecule has 0 aromatic carbocycles. The van der Waals surface area contributed by atoms with E-state index >= 15 is 0 Å². The number of nitrogens with one attached hydrogen (secondary N) is 1. The lowest BCUT2D eigenvalue weighted by atomic mass is 10.4. The first-order valence-corrected chi connectivity index (χ1v) is 5.13. The first-order valence-electron chi connectivity index (χ1n) is 5.13. The Hall–Kier alpha value is -2.70. The van der Waals surface area contributed by atoms with E-state index in [1.807, 2.05) is 0 Å². The summed E-state index contributed by atoms with van der Waals surface area (Å²) in [4.78, 5) is 19.8. The molecule has 0 saturated heterocycles. The van der Waals surface area contributed by atoms with Gasteiger partial charge in [0.25, 0.3) is 0 Å². The van der Waals surface area contributed by atoms with Crippen molar-refractivity contribution in [3.63, 3.8) is 0 Å². The van der Waals surface area contributed by atoms with Gasteiger partial charge in [0.1, 0.15) is 6.33 Å². The highest BCUT2D eigenvalue weighted by Crippen LogP contribution is 2.18. The van der Waals surface area contributed by atoms with Gasteiger partial charge in [-0.15, -0.1) is 0 Å². The van der Waals surface area contributed by atoms with Gasteiger partial charge < -0.3 is 5.32 Å². The van der Waals surface area contributed by atoms with Crippen molar-refractivity contribution in [3.8, 4) is 0 Å². The lowest BCUT2D eigenvalue weighted by Gasteiger charge is -2.06. The van der Waals surface area contributed by atoms with E-state index in [9.17, 15) is 4.39 Å². The molecule has 0 unspecified atom stereocenters. The molecule has 0 saturated carbocycles. The second-order valence-corrected chi connectivity index (χ2v) is 3.45. The Morgan fingerprint density at radius 1 is 0.944 bits per heavy atom. The maximum atomic E-state index is 12.7. The van der Waals surface area contributed by atoms with Crippen LogP contribution in [0.2, 0.25) is 0 Å². The molecule has 0 aliphatic heterocycles. The summed E-state index contributed by atoms with van der Waals surface area (Å²) in [6.07, 6.45) is 5.87. The zero-order valence-electron chi connectivity index (χ0n) is 9.08. The second-order valence-electron chi connectivity index (χ2n) is 3.45. The van der Waals surface area contributed by atoms with E-state index in [1.54, 1.807) is 18.5 Å². The van der Waals surface area contributed by atoms with Crippen LogP contribution >= 0.6 is 0 Å². The summed E-state index contributed by atoms with van der Waals surface area (Å²) in [6.45, 7) is 0. The molecular formula is C11H7FN6. The minimum Gasteiger partial charge on any atom is -0.337 e. The van der Waals surface area contributed by atoms with E-state index in [2.05, 4.69) is 30.2 Å². The van der Waals surface area contributed by atoms with E-state index in [0.717, 1.165) is 0 Å². The molecule has 3 aromatic rings. The lowest BCUT2D eigenvalue weighted by Crippen LogP contribution is -1.99. The maximum Gasteiger partial charge on any atom is 0.212 e. The van der Waals surface area contributed by atoms with Gasteiger partial charge in [-0.05, 0) is 12.1 Å². The summed E-state index contributed by atoms with van der Waals surface area (Å²) in [5.74, 6) is -0.0330. The third kappa shape index (κ3) is 1.93. The lowest BCUT2D eigenvalue weighted by molar-refractivity contribution is 0.584. The number of hydrogen-bond donors (Lipinski definition) is 1. The van der Waals surface area contributed by atoms with E-state index in [1.165, 1.54) is 18.6 Å². The molecule has 1 N–H and O–H groups in total. The van der Waals surface area contributed by atoms with E-state index in [0.29, 0.717) is 22.7 Å². The highest BCUT2D eigenvalue weighted by atomic mass is 19.1. The van der Waals surface area contributed by atoms with E-state index in [4.69, 9.17) is 0 Å². The van der Waals surface area contributed by atoms with Gasteiger partial charge in [0.05, 0.1) is 11.9 Å². The fourth-order valence-corrected chi connectivity index (χ4v) is 1.47. The summed E-state index contributed by atoms with van der Waals surface area (Å²) >= 11 is 0. The summed E-state index contributed by atoms with van der Waals surface area (Å²) in [5.41, 5.74) is 1.65. The number of pyridine rings is 1. The van der Waals surface area contributed by atoms with Crippen molar-refractivity contribution < 1.29 is 4.39 Å². The first kappa shape index (κ1) is 10.5. The SMILES string of the molecule is Fc1ccc(Nc2ncnc3nccnc23)cn1. The van der Waals surface area contributed by atoms with Crippen LogP contribution in [0.4, 0.5) is 15.9 Å². The van der Waals surface area contributed by atoms with Crippen LogP contribution < -0.4 is 5.32 Å². The maximum absolute atomic E-state index is 12.7. The van der Waals surface area contributed by atoms with Gasteiger partial charge in [0.2, 0.25) is 5.95 Å². The Labute approximate surface area is 101 Å². The number of aromatic nitrogens is 5. The number of anilines is 2. The topological polar surface area (TPSA) is 76.5 Å². The van der Waals surface area contributed by atoms with Crippen molar-refractivity contribution >= 4 is 22.7 Å². The molecule has 0 spiro atoms. The highest BCUT2D eigenvalue weighted by Gasteiger charge is 2.05. The Kier molecular flexibility index (Phi) is 2.49. The van der Waals surface area contributed by atoms with Gasteiger partial charge in [-0.2, -0.15) is 4.39 Å². The number of fused-ring (bicyclic) bond motifs is 1. The molecule has 0 atom stereocenters. The summed E-state index contributed by atoms with van der Waals surface area (Å²) in [7, 11) is 0. The molecule has 6 nitrogen and oxygen atoms in total. The average Bonchev–Trinajstić information content (AvgIpc) is 2.42. The largest absolute Gasteiger partial charge is 0.337 e. The zero-order chi connectivity index (χ0) is 12.4. The molecule has 7 heteroatoms. The Morgan fingerprint density at radius 3 is 2.67 bits per heavy atom. The summed E-state index contributed by atoms with van der Waals surface area (Å²) in [6, 6.07) is 2.82. The summed E-state index contributed by atoms with van der Waals surface area (Å²) in [5, 5.41) is 2.99. The van der Waals surface area contributed by atoms with Crippen LogP contribution in [0.3, 0.4) is 0 Å². The molecule has 0 amide bonds.